The highest BCUT2D eigenvalue weighted by Gasteiger charge is 2.64. The van der Waals surface area contributed by atoms with E-state index in [1.807, 2.05) is 19.9 Å². The van der Waals surface area contributed by atoms with Gasteiger partial charge in [-0.3, -0.25) is 19.1 Å². The van der Waals surface area contributed by atoms with Crippen LogP contribution in [0.25, 0.3) is 10.9 Å². The first-order valence-corrected chi connectivity index (χ1v) is 17.5. The largest absolute Gasteiger partial charge is 0.493 e. The summed E-state index contributed by atoms with van der Waals surface area (Å²) in [6.45, 7) is 7.88. The quantitative estimate of drug-likeness (QED) is 0.234. The molecule has 3 atom stereocenters. The number of aryl methyl sites for hydroxylation is 1. The normalized spacial score (nSPS) is 23.4. The molecule has 1 N–H and O–H groups in total. The number of ketones is 1. The van der Waals surface area contributed by atoms with Gasteiger partial charge in [0, 0.05) is 23.8 Å². The zero-order chi connectivity index (χ0) is 32.3. The van der Waals surface area contributed by atoms with Crippen molar-refractivity contribution in [2.24, 2.45) is 10.8 Å². The van der Waals surface area contributed by atoms with Crippen LogP contribution in [0.15, 0.2) is 34.9 Å². The van der Waals surface area contributed by atoms with Crippen LogP contribution in [0, 0.1) is 17.8 Å². The van der Waals surface area contributed by atoms with Crippen LogP contribution in [0.1, 0.15) is 49.7 Å². The Morgan fingerprint density at radius 3 is 2.60 bits per heavy atom. The van der Waals surface area contributed by atoms with E-state index in [0.717, 1.165) is 12.0 Å². The number of hydrogen-bond donors (Lipinski definition) is 1. The first-order chi connectivity index (χ1) is 21.2. The Balaban J connectivity index is 1.17. The van der Waals surface area contributed by atoms with Gasteiger partial charge in [-0.2, -0.15) is 5.10 Å². The van der Waals surface area contributed by atoms with Crippen LogP contribution in [0.4, 0.5) is 5.82 Å². The molecule has 2 aromatic heterocycles. The van der Waals surface area contributed by atoms with E-state index in [9.17, 15) is 22.8 Å². The van der Waals surface area contributed by atoms with Crippen molar-refractivity contribution in [3.8, 4) is 5.75 Å². The number of halogens is 1. The molecule has 1 aliphatic carbocycles. The number of piperidine rings is 1. The first kappa shape index (κ1) is 31.6. The SMILES string of the molecule is CC(=O)c1nn(CC(=O)N2C(C(=O)Nc3nc(Br)ccc3C)C[C@]3(C)C[C@H]23)c2ccc(OCCS(=O)(=O)CC3(C)COC3)cc12. The molecule has 0 radical (unpaired) electrons. The number of anilines is 1. The number of likely N-dealkylation sites (tertiary alicyclic amines) is 1. The van der Waals surface area contributed by atoms with Crippen LogP contribution in [0.3, 0.4) is 0 Å². The minimum Gasteiger partial charge on any atom is -0.493 e. The molecule has 1 saturated carbocycles. The predicted octanol–water partition coefficient (Wildman–Crippen LogP) is 3.55. The minimum absolute atomic E-state index is 0.0395. The van der Waals surface area contributed by atoms with Crippen LogP contribution in [0.2, 0.25) is 0 Å². The van der Waals surface area contributed by atoms with Gasteiger partial charge in [-0.05, 0) is 70.9 Å². The van der Waals surface area contributed by atoms with Gasteiger partial charge in [-0.1, -0.05) is 19.9 Å². The molecule has 14 heteroatoms. The second-order valence-corrected chi connectivity index (χ2v) is 16.2. The van der Waals surface area contributed by atoms with Gasteiger partial charge in [0.1, 0.15) is 41.1 Å². The summed E-state index contributed by atoms with van der Waals surface area (Å²) < 4.78 is 38.2. The molecule has 2 saturated heterocycles. The second kappa shape index (κ2) is 11.5. The molecule has 12 nitrogen and oxygen atoms in total. The molecule has 0 spiro atoms. The number of nitrogens with one attached hydrogen (secondary N) is 1. The van der Waals surface area contributed by atoms with E-state index in [1.165, 1.54) is 11.6 Å². The van der Waals surface area contributed by atoms with Crippen molar-refractivity contribution < 1.29 is 32.3 Å². The summed E-state index contributed by atoms with van der Waals surface area (Å²) in [7, 11) is -3.34. The average molecular weight is 703 g/mol. The van der Waals surface area contributed by atoms with Gasteiger partial charge in [0.25, 0.3) is 0 Å². The number of hydrogen-bond acceptors (Lipinski definition) is 9. The molecule has 1 unspecified atom stereocenters. The van der Waals surface area contributed by atoms with Crippen molar-refractivity contribution >= 4 is 60.1 Å². The van der Waals surface area contributed by atoms with Gasteiger partial charge in [0.15, 0.2) is 15.6 Å². The van der Waals surface area contributed by atoms with Crippen molar-refractivity contribution in [1.29, 1.82) is 0 Å². The highest BCUT2D eigenvalue weighted by Crippen LogP contribution is 2.59. The van der Waals surface area contributed by atoms with Crippen LogP contribution in [-0.2, 0) is 30.7 Å². The summed E-state index contributed by atoms with van der Waals surface area (Å²) in [5.74, 6) is -0.115. The predicted molar refractivity (Wildman–Crippen MR) is 170 cm³/mol. The minimum atomic E-state index is -3.34. The molecular weight excluding hydrogens is 666 g/mol. The van der Waals surface area contributed by atoms with Gasteiger partial charge in [-0.25, -0.2) is 13.4 Å². The second-order valence-electron chi connectivity index (χ2n) is 13.2. The van der Waals surface area contributed by atoms with Gasteiger partial charge < -0.3 is 19.7 Å². The van der Waals surface area contributed by atoms with E-state index < -0.39 is 15.9 Å². The highest BCUT2D eigenvalue weighted by atomic mass is 79.9. The van der Waals surface area contributed by atoms with Gasteiger partial charge >= 0.3 is 0 Å². The molecule has 2 aliphatic heterocycles. The first-order valence-electron chi connectivity index (χ1n) is 14.8. The van der Waals surface area contributed by atoms with Crippen molar-refractivity contribution in [3.05, 3.63) is 46.2 Å². The number of pyridine rings is 1. The Morgan fingerprint density at radius 2 is 1.91 bits per heavy atom. The lowest BCUT2D eigenvalue weighted by molar-refractivity contribution is -0.138. The number of fused-ring (bicyclic) bond motifs is 2. The Morgan fingerprint density at radius 1 is 1.16 bits per heavy atom. The topological polar surface area (TPSA) is 150 Å². The number of sulfone groups is 1. The Hall–Kier alpha value is -3.36. The van der Waals surface area contributed by atoms with Crippen LogP contribution < -0.4 is 10.1 Å². The lowest BCUT2D eigenvalue weighted by Crippen LogP contribution is -2.47. The van der Waals surface area contributed by atoms with Crippen LogP contribution >= 0.6 is 15.9 Å². The standard InChI is InChI=1S/C31H36BrN5O7S/c1-18-5-8-25(32)33-28(18)34-29(40)23-12-31(4)13-24(31)37(23)26(39)14-36-22-7-6-20(11-21(22)27(35-36)19(2)38)44-9-10-45(41,42)17-30(3)15-43-16-30/h5-8,11,23-24H,9-10,12-17H2,1-4H3,(H,33,34,40)/t23?,24-,31+/m0/s1. The summed E-state index contributed by atoms with van der Waals surface area (Å²) in [5.41, 5.74) is 1.06. The van der Waals surface area contributed by atoms with Crippen molar-refractivity contribution in [1.82, 2.24) is 19.7 Å². The molecule has 3 fully saturated rings. The number of benzene rings is 1. The lowest BCUT2D eigenvalue weighted by atomic mass is 9.92. The summed E-state index contributed by atoms with van der Waals surface area (Å²) in [5, 5.41) is 7.87. The van der Waals surface area contributed by atoms with Crippen LogP contribution in [0.5, 0.6) is 5.75 Å². The van der Waals surface area contributed by atoms with E-state index in [1.54, 1.807) is 29.2 Å². The number of ether oxygens (including phenoxy) is 2. The summed E-state index contributed by atoms with van der Waals surface area (Å²) in [4.78, 5) is 45.8. The molecule has 2 amide bonds. The maximum Gasteiger partial charge on any atom is 0.248 e. The fraction of sp³-hybridized carbons (Fsp3) is 0.516. The number of aromatic nitrogens is 3. The summed E-state index contributed by atoms with van der Waals surface area (Å²) in [6, 6.07) is 7.95. The molecule has 240 valence electrons. The van der Waals surface area contributed by atoms with E-state index in [0.29, 0.717) is 46.7 Å². The van der Waals surface area contributed by atoms with Gasteiger partial charge in [0.05, 0.1) is 30.2 Å². The fourth-order valence-corrected chi connectivity index (χ4v) is 8.47. The third-order valence-electron chi connectivity index (χ3n) is 9.00. The maximum atomic E-state index is 13.8. The van der Waals surface area contributed by atoms with E-state index in [2.05, 4.69) is 38.3 Å². The summed E-state index contributed by atoms with van der Waals surface area (Å²) >= 11 is 3.34. The number of carbonyl (C=O) groups excluding carboxylic acids is 3. The smallest absolute Gasteiger partial charge is 0.248 e. The van der Waals surface area contributed by atoms with E-state index >= 15 is 0 Å². The molecule has 0 bridgehead atoms. The van der Waals surface area contributed by atoms with E-state index in [-0.39, 0.29) is 64.8 Å². The molecule has 3 aromatic rings. The molecule has 45 heavy (non-hydrogen) atoms. The van der Waals surface area contributed by atoms with E-state index in [4.69, 9.17) is 9.47 Å². The number of carbonyl (C=O) groups is 3. The molecule has 4 heterocycles. The number of rotatable bonds is 11. The summed E-state index contributed by atoms with van der Waals surface area (Å²) in [6.07, 6.45) is 1.36. The van der Waals surface area contributed by atoms with Crippen molar-refractivity contribution in [2.45, 2.75) is 59.2 Å². The molecule has 3 aliphatic rings. The van der Waals surface area contributed by atoms with Gasteiger partial charge in [0.2, 0.25) is 11.8 Å². The zero-order valence-electron chi connectivity index (χ0n) is 25.6. The van der Waals surface area contributed by atoms with Crippen LogP contribution in [-0.4, -0.2) is 89.1 Å². The number of Topliss-reactive ketones (excluding diaryl/α,β-unsaturated/α-hetero) is 1. The Bertz CT molecular complexity index is 1820. The van der Waals surface area contributed by atoms with Crippen molar-refractivity contribution in [2.75, 3.05) is 36.6 Å². The number of amides is 2. The molecule has 1 aromatic carbocycles. The zero-order valence-corrected chi connectivity index (χ0v) is 28.0. The third kappa shape index (κ3) is 6.36. The average Bonchev–Trinajstić information content (AvgIpc) is 3.31. The third-order valence-corrected chi connectivity index (χ3v) is 11.4. The fourth-order valence-electron chi connectivity index (χ4n) is 6.45. The van der Waals surface area contributed by atoms with Gasteiger partial charge in [-0.15, -0.1) is 0 Å². The van der Waals surface area contributed by atoms with Crippen molar-refractivity contribution in [3.63, 3.8) is 0 Å². The maximum absolute atomic E-state index is 13.8. The lowest BCUT2D eigenvalue weighted by Gasteiger charge is -2.37. The highest BCUT2D eigenvalue weighted by molar-refractivity contribution is 9.10. The Kier molecular flexibility index (Phi) is 8.05. The molecule has 6 rings (SSSR count). The molecular formula is C31H36BrN5O7S. The monoisotopic (exact) mass is 701 g/mol. The Labute approximate surface area is 269 Å². The number of nitrogens with zero attached hydrogens (tertiary/aromatic N) is 4.